The molecule has 0 amide bonds. The molecule has 0 aliphatic heterocycles. The van der Waals surface area contributed by atoms with Crippen molar-refractivity contribution >= 4 is 5.78 Å². The van der Waals surface area contributed by atoms with Crippen molar-refractivity contribution in [3.8, 4) is 0 Å². The highest BCUT2D eigenvalue weighted by molar-refractivity contribution is 5.84. The third-order valence-electron chi connectivity index (χ3n) is 4.44. The Morgan fingerprint density at radius 3 is 2.50 bits per heavy atom. The van der Waals surface area contributed by atoms with E-state index in [1.165, 1.54) is 0 Å². The molecule has 0 saturated heterocycles. The molecule has 0 spiro atoms. The first-order chi connectivity index (χ1) is 8.68. The van der Waals surface area contributed by atoms with Crippen molar-refractivity contribution in [2.75, 3.05) is 0 Å². The molecule has 0 heterocycles. The van der Waals surface area contributed by atoms with Crippen LogP contribution >= 0.6 is 0 Å². The summed E-state index contributed by atoms with van der Waals surface area (Å²) in [6.07, 6.45) is 2.04. The lowest BCUT2D eigenvalue weighted by Crippen LogP contribution is -2.50. The van der Waals surface area contributed by atoms with Crippen LogP contribution in [0.15, 0.2) is 30.3 Å². The Labute approximate surface area is 105 Å². The highest BCUT2D eigenvalue weighted by Crippen LogP contribution is 2.49. The lowest BCUT2D eigenvalue weighted by molar-refractivity contribution is -0.542. The van der Waals surface area contributed by atoms with E-state index in [9.17, 15) is 14.9 Å². The Bertz CT molecular complexity index is 485. The highest BCUT2D eigenvalue weighted by Gasteiger charge is 2.54. The van der Waals surface area contributed by atoms with Crippen molar-refractivity contribution in [2.45, 2.75) is 31.2 Å². The van der Waals surface area contributed by atoms with Gasteiger partial charge < -0.3 is 0 Å². The topological polar surface area (TPSA) is 60.2 Å². The van der Waals surface area contributed by atoms with Crippen LogP contribution in [0.25, 0.3) is 0 Å². The van der Waals surface area contributed by atoms with E-state index >= 15 is 0 Å². The average molecular weight is 245 g/mol. The van der Waals surface area contributed by atoms with Crippen molar-refractivity contribution < 1.29 is 9.72 Å². The van der Waals surface area contributed by atoms with Gasteiger partial charge in [0.05, 0.1) is 5.92 Å². The zero-order chi connectivity index (χ0) is 12.7. The monoisotopic (exact) mass is 245 g/mol. The molecule has 4 atom stereocenters. The second-order valence-corrected chi connectivity index (χ2v) is 5.33. The molecule has 18 heavy (non-hydrogen) atoms. The van der Waals surface area contributed by atoms with E-state index in [-0.39, 0.29) is 28.5 Å². The van der Waals surface area contributed by atoms with E-state index in [0.717, 1.165) is 18.4 Å². The first-order valence-electron chi connectivity index (χ1n) is 6.39. The molecule has 0 radical (unpaired) electrons. The Kier molecular flexibility index (Phi) is 2.65. The summed E-state index contributed by atoms with van der Waals surface area (Å²) in [4.78, 5) is 23.1. The van der Waals surface area contributed by atoms with Crippen LogP contribution in [0, 0.1) is 22.0 Å². The number of fused-ring (bicyclic) bond motifs is 3. The van der Waals surface area contributed by atoms with Crippen LogP contribution < -0.4 is 0 Å². The molecule has 3 saturated carbocycles. The van der Waals surface area contributed by atoms with E-state index in [2.05, 4.69) is 0 Å². The fourth-order valence-corrected chi connectivity index (χ4v) is 3.68. The molecule has 0 aromatic heterocycles. The summed E-state index contributed by atoms with van der Waals surface area (Å²) in [5.41, 5.74) is 0.946. The second-order valence-electron chi connectivity index (χ2n) is 5.33. The minimum atomic E-state index is -0.580. The Balaban J connectivity index is 2.03. The molecule has 1 aromatic rings. The van der Waals surface area contributed by atoms with Crippen LogP contribution in [-0.4, -0.2) is 16.7 Å². The number of Topliss-reactive ketones (excluding diaryl/α,β-unsaturated/α-hetero) is 1. The van der Waals surface area contributed by atoms with Crippen LogP contribution in [0.5, 0.6) is 0 Å². The standard InChI is InChI=1S/C14H15NO3/c16-12-8-10-6-7-11(12)13(14(10)15(17)18)9-4-2-1-3-5-9/h1-5,10-11,13-14H,6-8H2/t10-,11+,13?,14?/m0/s1. The normalized spacial score (nSPS) is 34.6. The zero-order valence-electron chi connectivity index (χ0n) is 9.99. The molecule has 94 valence electrons. The number of benzene rings is 1. The summed E-state index contributed by atoms with van der Waals surface area (Å²) in [6.45, 7) is 0. The molecule has 4 rings (SSSR count). The maximum atomic E-state index is 12.0. The van der Waals surface area contributed by atoms with Gasteiger partial charge in [0.2, 0.25) is 6.04 Å². The van der Waals surface area contributed by atoms with Gasteiger partial charge in [-0.2, -0.15) is 0 Å². The van der Waals surface area contributed by atoms with Gasteiger partial charge in [-0.05, 0) is 18.4 Å². The summed E-state index contributed by atoms with van der Waals surface area (Å²) in [6, 6.07) is 8.92. The van der Waals surface area contributed by atoms with E-state index in [0.29, 0.717) is 6.42 Å². The molecule has 1 aromatic carbocycles. The van der Waals surface area contributed by atoms with Gasteiger partial charge in [-0.1, -0.05) is 30.3 Å². The number of rotatable bonds is 2. The van der Waals surface area contributed by atoms with Crippen LogP contribution in [-0.2, 0) is 4.79 Å². The number of ketones is 1. The number of carbonyl (C=O) groups excluding carboxylic acids is 1. The van der Waals surface area contributed by atoms with Crippen LogP contribution in [0.2, 0.25) is 0 Å². The zero-order valence-corrected chi connectivity index (χ0v) is 9.99. The molecule has 2 unspecified atom stereocenters. The summed E-state index contributed by atoms with van der Waals surface area (Å²) in [5, 5.41) is 11.3. The quantitative estimate of drug-likeness (QED) is 0.593. The molecule has 2 bridgehead atoms. The van der Waals surface area contributed by atoms with E-state index in [4.69, 9.17) is 0 Å². The third-order valence-corrected chi connectivity index (χ3v) is 4.44. The summed E-state index contributed by atoms with van der Waals surface area (Å²) in [5.74, 6) is -0.213. The van der Waals surface area contributed by atoms with E-state index in [1.54, 1.807) is 0 Å². The van der Waals surface area contributed by atoms with Gasteiger partial charge in [-0.15, -0.1) is 0 Å². The second kappa shape index (κ2) is 4.19. The van der Waals surface area contributed by atoms with Crippen molar-refractivity contribution in [1.29, 1.82) is 0 Å². The smallest absolute Gasteiger partial charge is 0.223 e. The minimum absolute atomic E-state index is 0.0669. The van der Waals surface area contributed by atoms with Crippen LogP contribution in [0.3, 0.4) is 0 Å². The van der Waals surface area contributed by atoms with Gasteiger partial charge in [0.15, 0.2) is 0 Å². The first kappa shape index (κ1) is 11.4. The predicted octanol–water partition coefficient (Wildman–Crippen LogP) is 2.41. The lowest BCUT2D eigenvalue weighted by atomic mass is 9.59. The lowest BCUT2D eigenvalue weighted by Gasteiger charge is -2.42. The van der Waals surface area contributed by atoms with Gasteiger partial charge in [0, 0.05) is 23.2 Å². The predicted molar refractivity (Wildman–Crippen MR) is 65.8 cm³/mol. The summed E-state index contributed by atoms with van der Waals surface area (Å²) in [7, 11) is 0. The van der Waals surface area contributed by atoms with Gasteiger partial charge in [0.1, 0.15) is 5.78 Å². The number of carbonyl (C=O) groups is 1. The van der Waals surface area contributed by atoms with Gasteiger partial charge >= 0.3 is 0 Å². The maximum Gasteiger partial charge on any atom is 0.223 e. The largest absolute Gasteiger partial charge is 0.299 e. The van der Waals surface area contributed by atoms with Crippen molar-refractivity contribution in [1.82, 2.24) is 0 Å². The van der Waals surface area contributed by atoms with Gasteiger partial charge in [-0.3, -0.25) is 14.9 Å². The van der Waals surface area contributed by atoms with E-state index < -0.39 is 6.04 Å². The Morgan fingerprint density at radius 2 is 1.89 bits per heavy atom. The number of nitro groups is 1. The molecular weight excluding hydrogens is 230 g/mol. The fourth-order valence-electron chi connectivity index (χ4n) is 3.68. The number of nitrogens with zero attached hydrogens (tertiary/aromatic N) is 1. The molecule has 4 nitrogen and oxygen atoms in total. The van der Waals surface area contributed by atoms with Crippen molar-refractivity contribution in [2.24, 2.45) is 11.8 Å². The molecular formula is C14H15NO3. The summed E-state index contributed by atoms with van der Waals surface area (Å²) < 4.78 is 0. The van der Waals surface area contributed by atoms with Crippen LogP contribution in [0.4, 0.5) is 0 Å². The van der Waals surface area contributed by atoms with Gasteiger partial charge in [-0.25, -0.2) is 0 Å². The molecule has 0 N–H and O–H groups in total. The number of hydrogen-bond donors (Lipinski definition) is 0. The molecule has 4 heteroatoms. The molecule has 3 aliphatic rings. The molecule has 3 fully saturated rings. The fraction of sp³-hybridized carbons (Fsp3) is 0.500. The van der Waals surface area contributed by atoms with Crippen molar-refractivity contribution in [3.63, 3.8) is 0 Å². The van der Waals surface area contributed by atoms with Crippen molar-refractivity contribution in [3.05, 3.63) is 46.0 Å². The first-order valence-corrected chi connectivity index (χ1v) is 6.39. The number of hydrogen-bond acceptors (Lipinski definition) is 3. The van der Waals surface area contributed by atoms with Crippen LogP contribution in [0.1, 0.15) is 30.7 Å². The SMILES string of the molecule is O=C1C[C@@H]2CC[C@H]1C(c1ccccc1)C2[N+](=O)[O-]. The Hall–Kier alpha value is -1.71. The third kappa shape index (κ3) is 1.64. The highest BCUT2D eigenvalue weighted by atomic mass is 16.6. The summed E-state index contributed by atoms with van der Waals surface area (Å²) >= 11 is 0. The Morgan fingerprint density at radius 1 is 1.17 bits per heavy atom. The maximum absolute atomic E-state index is 12.0. The minimum Gasteiger partial charge on any atom is -0.299 e. The van der Waals surface area contributed by atoms with Gasteiger partial charge in [0.25, 0.3) is 0 Å². The average Bonchev–Trinajstić information content (AvgIpc) is 2.39. The van der Waals surface area contributed by atoms with E-state index in [1.807, 2.05) is 30.3 Å². The molecule has 3 aliphatic carbocycles.